The molecule has 3 nitrogen and oxygen atoms in total. The number of fused-ring (bicyclic) bond motifs is 7. The van der Waals surface area contributed by atoms with Gasteiger partial charge in [-0.05, 0) is 143 Å². The van der Waals surface area contributed by atoms with Crippen LogP contribution in [-0.2, 0) is 21.7 Å². The van der Waals surface area contributed by atoms with Gasteiger partial charge in [0.15, 0.2) is 0 Å². The zero-order valence-corrected chi connectivity index (χ0v) is 51.4. The molecule has 0 saturated carbocycles. The van der Waals surface area contributed by atoms with Gasteiger partial charge >= 0.3 is 0 Å². The number of hydrogen-bond donors (Lipinski definition) is 0. The van der Waals surface area contributed by atoms with Crippen molar-refractivity contribution in [2.45, 2.75) is 105 Å². The lowest BCUT2D eigenvalue weighted by Gasteiger charge is -2.46. The summed E-state index contributed by atoms with van der Waals surface area (Å²) in [5.41, 5.74) is 20.5. The predicted molar refractivity (Wildman–Crippen MR) is 371 cm³/mol. The van der Waals surface area contributed by atoms with Gasteiger partial charge in [-0.2, -0.15) is 0 Å². The van der Waals surface area contributed by atoms with Crippen LogP contribution < -0.4 is 26.2 Å². The maximum absolute atomic E-state index is 9.99. The minimum absolute atomic E-state index is 0.0112. The lowest BCUT2D eigenvalue weighted by molar-refractivity contribution is 0.590. The first-order valence-electron chi connectivity index (χ1n) is 34.2. The Morgan fingerprint density at radius 2 is 0.640 bits per heavy atom. The fourth-order valence-electron chi connectivity index (χ4n) is 13.2. The second kappa shape index (κ2) is 20.3. The molecule has 0 radical (unpaired) electrons. The van der Waals surface area contributed by atoms with Crippen LogP contribution in [0.3, 0.4) is 0 Å². The number of hydrogen-bond acceptors (Lipinski definition) is 2. The number of rotatable bonds is 7. The third kappa shape index (κ3) is 9.19. The lowest BCUT2D eigenvalue weighted by Crippen LogP contribution is -2.62. The highest BCUT2D eigenvalue weighted by Gasteiger charge is 2.47. The average molecular weight is 1120 g/mol. The van der Waals surface area contributed by atoms with Crippen LogP contribution in [0, 0.1) is 0 Å². The second-order valence-electron chi connectivity index (χ2n) is 27.6. The normalized spacial score (nSPS) is 14.6. The topological polar surface area (TPSA) is 11.4 Å². The van der Waals surface area contributed by atoms with Crippen molar-refractivity contribution < 1.29 is 11.0 Å². The first kappa shape index (κ1) is 46.2. The molecular formula is C82H76BN3. The van der Waals surface area contributed by atoms with E-state index in [4.69, 9.17) is 2.74 Å². The van der Waals surface area contributed by atoms with Crippen molar-refractivity contribution in [1.29, 1.82) is 0 Å². The highest BCUT2D eigenvalue weighted by Crippen LogP contribution is 2.55. The molecule has 0 fully saturated rings. The van der Waals surface area contributed by atoms with Gasteiger partial charge in [-0.1, -0.05) is 265 Å². The van der Waals surface area contributed by atoms with Gasteiger partial charge < -0.3 is 14.4 Å². The summed E-state index contributed by atoms with van der Waals surface area (Å²) in [7, 11) is 0. The van der Waals surface area contributed by atoms with E-state index in [1.807, 2.05) is 0 Å². The molecule has 0 bridgehead atoms. The summed E-state index contributed by atoms with van der Waals surface area (Å²) in [6.07, 6.45) is 0. The number of aromatic nitrogens is 1. The molecule has 0 amide bonds. The second-order valence-corrected chi connectivity index (χ2v) is 27.6. The minimum Gasteiger partial charge on any atom is -0.310 e. The van der Waals surface area contributed by atoms with Gasteiger partial charge in [0.05, 0.1) is 39.1 Å². The molecule has 0 unspecified atom stereocenters. The Hall–Kier alpha value is -9.12. The van der Waals surface area contributed by atoms with E-state index in [2.05, 4.69) is 287 Å². The van der Waals surface area contributed by atoms with Gasteiger partial charge in [-0.15, -0.1) is 0 Å². The first-order valence-corrected chi connectivity index (χ1v) is 30.2. The molecule has 4 heteroatoms. The van der Waals surface area contributed by atoms with Crippen LogP contribution in [0.4, 0.5) is 34.1 Å². The Bertz CT molecular complexity index is 4660. The van der Waals surface area contributed by atoms with Crippen molar-refractivity contribution in [1.82, 2.24) is 4.57 Å². The minimum atomic E-state index is -0.497. The van der Waals surface area contributed by atoms with Crippen LogP contribution in [0.5, 0.6) is 0 Å². The van der Waals surface area contributed by atoms with Gasteiger partial charge in [-0.25, -0.2) is 0 Å². The Morgan fingerprint density at radius 1 is 0.326 bits per heavy atom. The highest BCUT2D eigenvalue weighted by atomic mass is 15.2. The molecule has 1 aromatic heterocycles. The molecule has 86 heavy (non-hydrogen) atoms. The molecular weight excluding hydrogens is 1040 g/mol. The van der Waals surface area contributed by atoms with Crippen LogP contribution >= 0.6 is 0 Å². The molecule has 0 saturated heterocycles. The number of anilines is 6. The lowest BCUT2D eigenvalue weighted by atomic mass is 9.33. The Balaban J connectivity index is 1.28. The van der Waals surface area contributed by atoms with E-state index in [9.17, 15) is 8.22 Å². The van der Waals surface area contributed by atoms with Gasteiger partial charge in [0.1, 0.15) is 0 Å². The molecule has 0 aliphatic carbocycles. The van der Waals surface area contributed by atoms with Gasteiger partial charge in [0.2, 0.25) is 0 Å². The van der Waals surface area contributed by atoms with Crippen molar-refractivity contribution >= 4 is 79.0 Å². The van der Waals surface area contributed by atoms with Crippen molar-refractivity contribution in [3.05, 3.63) is 265 Å². The average Bonchev–Trinajstić information content (AvgIpc) is 1.07. The van der Waals surface area contributed by atoms with E-state index in [-0.39, 0.29) is 55.6 Å². The summed E-state index contributed by atoms with van der Waals surface area (Å²) < 4.78 is 78.1. The molecule has 0 atom stereocenters. The molecule has 2 aliphatic heterocycles. The van der Waals surface area contributed by atoms with E-state index >= 15 is 0 Å². The quantitative estimate of drug-likeness (QED) is 0.147. The fraction of sp³-hybridized carbons (Fsp3) is 0.195. The first-order chi connectivity index (χ1) is 44.5. The van der Waals surface area contributed by atoms with Gasteiger partial charge in [-0.3, -0.25) is 0 Å². The third-order valence-corrected chi connectivity index (χ3v) is 17.8. The Morgan fingerprint density at radius 3 is 0.953 bits per heavy atom. The van der Waals surface area contributed by atoms with Crippen LogP contribution in [0.15, 0.2) is 242 Å². The summed E-state index contributed by atoms with van der Waals surface area (Å²) in [6, 6.07) is 66.7. The molecule has 2 aliphatic rings. The van der Waals surface area contributed by atoms with Crippen LogP contribution in [0.25, 0.3) is 72.0 Å². The predicted octanol–water partition coefficient (Wildman–Crippen LogP) is 20.7. The largest absolute Gasteiger partial charge is 0.310 e. The van der Waals surface area contributed by atoms with Crippen molar-refractivity contribution in [3.8, 4) is 50.2 Å². The monoisotopic (exact) mass is 1120 g/mol. The third-order valence-electron chi connectivity index (χ3n) is 17.8. The van der Waals surface area contributed by atoms with Crippen LogP contribution in [-0.4, -0.2) is 11.3 Å². The molecule has 3 heterocycles. The number of nitrogens with zero attached hydrogens (tertiary/aromatic N) is 3. The summed E-state index contributed by atoms with van der Waals surface area (Å²) in [5, 5.41) is 0.0223. The summed E-state index contributed by atoms with van der Waals surface area (Å²) in [5.74, 6) is 0. The summed E-state index contributed by atoms with van der Waals surface area (Å²) in [4.78, 5) is 4.90. The Kier molecular flexibility index (Phi) is 10.9. The Labute approximate surface area is 521 Å². The van der Waals surface area contributed by atoms with E-state index in [1.54, 1.807) is 4.57 Å². The number of benzene rings is 11. The van der Waals surface area contributed by atoms with Crippen LogP contribution in [0.2, 0.25) is 0 Å². The van der Waals surface area contributed by atoms with E-state index < -0.39 is 43.0 Å². The summed E-state index contributed by atoms with van der Waals surface area (Å²) >= 11 is 0. The van der Waals surface area contributed by atoms with Crippen molar-refractivity contribution in [2.75, 3.05) is 9.80 Å². The molecule has 14 rings (SSSR count). The molecule has 12 aromatic rings. The summed E-state index contributed by atoms with van der Waals surface area (Å²) in [6.45, 7) is 26.8. The van der Waals surface area contributed by atoms with Crippen molar-refractivity contribution in [3.63, 3.8) is 0 Å². The number of para-hydroxylation sites is 2. The maximum Gasteiger partial charge on any atom is 0.252 e. The van der Waals surface area contributed by atoms with E-state index in [0.717, 1.165) is 106 Å². The molecule has 422 valence electrons. The smallest absolute Gasteiger partial charge is 0.252 e. The molecule has 11 aromatic carbocycles. The standard InChI is InChI=1S/C82H76BN3/c1-79(2,3)57-41-43-72-68(49-57)83-69-50-58(80(4,5)6)42-44-73(69)86(78-66(55-33-21-15-22-34-55)47-60(82(10,11)12)48-67(78)56-35-23-16-24-36-56)75-52-61(84-70-39-27-25-37-62(70)63-38-26-28-40-71(63)84)51-74(76(75)83)85(72)77-64(53-29-17-13-18-30-53)45-59(81(7,8)9)46-65(77)54-31-19-14-20-32-54/h13-52H,1-12H3/i25D,26D,27D,28D,37D,38D,39D,40D. The van der Waals surface area contributed by atoms with Gasteiger partial charge in [0, 0.05) is 55.8 Å². The maximum atomic E-state index is 9.99. The molecule has 0 N–H and O–H groups in total. The highest BCUT2D eigenvalue weighted by molar-refractivity contribution is 7.00. The zero-order valence-electron chi connectivity index (χ0n) is 59.4. The van der Waals surface area contributed by atoms with Gasteiger partial charge in [0.25, 0.3) is 6.71 Å². The SMILES string of the molecule is [2H]c1c([2H])c([2H])c2c(c1[2H])c1c([2H])c([2H])c([2H])c([2H])c1n2-c1cc2c3c(c1)N(c1c(-c4ccccc4)cc(C(C)(C)C)cc1-c1ccccc1)c1ccc(C(C)(C)C)cc1B3c1cc(C(C)(C)C)ccc1N2c1c(-c2ccccc2)cc(C(C)(C)C)cc1-c1ccccc1. The fourth-order valence-corrected chi connectivity index (χ4v) is 13.2. The molecule has 0 spiro atoms. The van der Waals surface area contributed by atoms with E-state index in [1.165, 1.54) is 11.1 Å². The van der Waals surface area contributed by atoms with Crippen molar-refractivity contribution in [2.24, 2.45) is 0 Å². The van der Waals surface area contributed by atoms with Crippen LogP contribution in [0.1, 0.15) is 116 Å². The van der Waals surface area contributed by atoms with E-state index in [0.29, 0.717) is 5.69 Å². The zero-order chi connectivity index (χ0) is 66.6.